The van der Waals surface area contributed by atoms with Crippen molar-refractivity contribution in [3.05, 3.63) is 69.8 Å². The van der Waals surface area contributed by atoms with Gasteiger partial charge in [-0.2, -0.15) is 0 Å². The Balaban J connectivity index is 1.81. The van der Waals surface area contributed by atoms with Crippen LogP contribution >= 0.6 is 11.3 Å². The molecule has 6 heteroatoms. The first-order valence-electron chi connectivity index (χ1n) is 8.66. The van der Waals surface area contributed by atoms with E-state index in [2.05, 4.69) is 46.1 Å². The molecule has 5 nitrogen and oxygen atoms in total. The summed E-state index contributed by atoms with van der Waals surface area (Å²) in [6, 6.07) is 14.2. The van der Waals surface area contributed by atoms with E-state index in [-0.39, 0.29) is 0 Å². The number of rotatable bonds is 5. The molecule has 0 fully saturated rings. The first kappa shape index (κ1) is 17.4. The van der Waals surface area contributed by atoms with E-state index >= 15 is 0 Å². The van der Waals surface area contributed by atoms with Crippen molar-refractivity contribution in [1.82, 2.24) is 4.68 Å². The molecule has 0 aliphatic heterocycles. The molecule has 27 heavy (non-hydrogen) atoms. The second-order valence-corrected chi connectivity index (χ2v) is 6.96. The van der Waals surface area contributed by atoms with Crippen LogP contribution in [0, 0.1) is 0 Å². The Morgan fingerprint density at radius 2 is 1.93 bits per heavy atom. The number of benzene rings is 2. The zero-order valence-corrected chi connectivity index (χ0v) is 16.3. The van der Waals surface area contributed by atoms with Crippen LogP contribution in [-0.2, 0) is 6.42 Å². The molecule has 1 heterocycles. The Morgan fingerprint density at radius 3 is 2.70 bits per heavy atom. The predicted molar refractivity (Wildman–Crippen MR) is 110 cm³/mol. The van der Waals surface area contributed by atoms with Crippen molar-refractivity contribution in [1.29, 1.82) is 0 Å². The van der Waals surface area contributed by atoms with Gasteiger partial charge in [0.2, 0.25) is 4.80 Å². The molecule has 4 rings (SSSR count). The fourth-order valence-corrected chi connectivity index (χ4v) is 4.09. The molecule has 2 aromatic carbocycles. The lowest BCUT2D eigenvalue weighted by atomic mass is 10.1. The Kier molecular flexibility index (Phi) is 4.73. The number of allylic oxidation sites excluding steroid dienone is 1. The van der Waals surface area contributed by atoms with Gasteiger partial charge < -0.3 is 9.47 Å². The third-order valence-corrected chi connectivity index (χ3v) is 5.57. The highest BCUT2D eigenvalue weighted by Gasteiger charge is 2.18. The van der Waals surface area contributed by atoms with Gasteiger partial charge in [-0.05, 0) is 30.2 Å². The smallest absolute Gasteiger partial charge is 0.204 e. The number of methoxy groups -OCH3 is 2. The highest BCUT2D eigenvalue weighted by Crippen LogP contribution is 2.34. The van der Waals surface area contributed by atoms with E-state index in [0.717, 1.165) is 39.7 Å². The van der Waals surface area contributed by atoms with E-state index in [1.165, 1.54) is 11.1 Å². The number of thiazole rings is 1. The summed E-state index contributed by atoms with van der Waals surface area (Å²) in [7, 11) is 5.14. The summed E-state index contributed by atoms with van der Waals surface area (Å²) in [6.45, 7) is 0. The van der Waals surface area contributed by atoms with Crippen molar-refractivity contribution < 1.29 is 9.47 Å². The van der Waals surface area contributed by atoms with Crippen LogP contribution in [-0.4, -0.2) is 25.9 Å². The highest BCUT2D eigenvalue weighted by molar-refractivity contribution is 7.07. The number of nitrogens with zero attached hydrogens (tertiary/aromatic N) is 2. The van der Waals surface area contributed by atoms with Gasteiger partial charge in [0, 0.05) is 23.6 Å². The quantitative estimate of drug-likeness (QED) is 0.731. The molecule has 0 atom stereocenters. The normalized spacial score (nSPS) is 13.3. The predicted octanol–water partition coefficient (Wildman–Crippen LogP) is 3.91. The highest BCUT2D eigenvalue weighted by atomic mass is 32.1. The van der Waals surface area contributed by atoms with Crippen molar-refractivity contribution in [2.45, 2.75) is 6.42 Å². The van der Waals surface area contributed by atoms with Gasteiger partial charge in [0.25, 0.3) is 0 Å². The molecular weight excluding hydrogens is 358 g/mol. The van der Waals surface area contributed by atoms with Crippen LogP contribution < -0.4 is 19.7 Å². The van der Waals surface area contributed by atoms with Crippen molar-refractivity contribution in [3.63, 3.8) is 0 Å². The minimum absolute atomic E-state index is 0.781. The van der Waals surface area contributed by atoms with E-state index in [4.69, 9.17) is 9.47 Å². The third-order valence-electron chi connectivity index (χ3n) is 4.65. The lowest BCUT2D eigenvalue weighted by molar-refractivity contribution is 0.404. The fourth-order valence-electron chi connectivity index (χ4n) is 3.29. The standard InChI is InChI=1S/C21H21N3O2S/c1-22-21-24(23-18-10-8-14-6-4-5-7-16(14)18)19(13-27-21)17-12-15(25-2)9-11-20(17)26-3/h4-7,9-13,23H,8H2,1-3H3. The number of ether oxygens (including phenoxy) is 2. The maximum absolute atomic E-state index is 5.59. The van der Waals surface area contributed by atoms with E-state index < -0.39 is 0 Å². The first-order valence-corrected chi connectivity index (χ1v) is 9.54. The Bertz CT molecular complexity index is 1080. The number of hydrogen-bond donors (Lipinski definition) is 1. The molecule has 0 radical (unpaired) electrons. The summed E-state index contributed by atoms with van der Waals surface area (Å²) in [5, 5.41) is 2.08. The molecule has 1 aliphatic carbocycles. The van der Waals surface area contributed by atoms with Crippen molar-refractivity contribution in [2.24, 2.45) is 4.99 Å². The van der Waals surface area contributed by atoms with E-state index in [1.807, 2.05) is 22.9 Å². The molecule has 0 spiro atoms. The molecule has 1 N–H and O–H groups in total. The molecule has 0 saturated carbocycles. The molecular formula is C21H21N3O2S. The van der Waals surface area contributed by atoms with Gasteiger partial charge in [-0.3, -0.25) is 10.4 Å². The summed E-state index contributed by atoms with van der Waals surface area (Å²) in [4.78, 5) is 5.31. The number of nitrogens with one attached hydrogen (secondary N) is 1. The van der Waals surface area contributed by atoms with Crippen LogP contribution in [0.3, 0.4) is 0 Å². The Labute approximate surface area is 162 Å². The summed E-state index contributed by atoms with van der Waals surface area (Å²) >= 11 is 1.58. The minimum Gasteiger partial charge on any atom is -0.497 e. The van der Waals surface area contributed by atoms with Gasteiger partial charge in [-0.1, -0.05) is 30.3 Å². The topological polar surface area (TPSA) is 47.8 Å². The average Bonchev–Trinajstić information content (AvgIpc) is 3.32. The van der Waals surface area contributed by atoms with E-state index in [1.54, 1.807) is 32.6 Å². The lowest BCUT2D eigenvalue weighted by Crippen LogP contribution is -2.25. The Hall–Kier alpha value is -2.99. The Morgan fingerprint density at radius 1 is 1.07 bits per heavy atom. The number of hydrogen-bond acceptors (Lipinski definition) is 5. The van der Waals surface area contributed by atoms with Crippen LogP contribution in [0.25, 0.3) is 17.0 Å². The molecule has 0 saturated heterocycles. The van der Waals surface area contributed by atoms with Crippen LogP contribution in [0.1, 0.15) is 11.1 Å². The van der Waals surface area contributed by atoms with Gasteiger partial charge >= 0.3 is 0 Å². The second kappa shape index (κ2) is 7.32. The summed E-state index contributed by atoms with van der Waals surface area (Å²) in [5.41, 5.74) is 9.11. The van der Waals surface area contributed by atoms with Crippen LogP contribution in [0.5, 0.6) is 11.5 Å². The van der Waals surface area contributed by atoms with E-state index in [0.29, 0.717) is 0 Å². The van der Waals surface area contributed by atoms with Crippen LogP contribution in [0.4, 0.5) is 0 Å². The summed E-state index contributed by atoms with van der Waals surface area (Å²) in [5.74, 6) is 1.57. The second-order valence-electron chi connectivity index (χ2n) is 6.12. The van der Waals surface area contributed by atoms with Gasteiger partial charge in [0.05, 0.1) is 25.6 Å². The van der Waals surface area contributed by atoms with Gasteiger partial charge in [-0.15, -0.1) is 11.3 Å². The molecule has 3 aromatic rings. The first-order chi connectivity index (χ1) is 13.2. The zero-order valence-electron chi connectivity index (χ0n) is 15.5. The maximum Gasteiger partial charge on any atom is 0.204 e. The molecule has 0 amide bonds. The minimum atomic E-state index is 0.781. The van der Waals surface area contributed by atoms with Crippen LogP contribution in [0.2, 0.25) is 0 Å². The van der Waals surface area contributed by atoms with Crippen molar-refractivity contribution in [2.75, 3.05) is 26.7 Å². The van der Waals surface area contributed by atoms with Gasteiger partial charge in [-0.25, -0.2) is 4.68 Å². The number of aromatic nitrogens is 1. The fraction of sp³-hybridized carbons (Fsp3) is 0.190. The molecule has 1 aromatic heterocycles. The molecule has 0 bridgehead atoms. The van der Waals surface area contributed by atoms with E-state index in [9.17, 15) is 0 Å². The average molecular weight is 379 g/mol. The molecule has 1 aliphatic rings. The maximum atomic E-state index is 5.59. The van der Waals surface area contributed by atoms with Crippen molar-refractivity contribution >= 4 is 17.0 Å². The number of fused-ring (bicyclic) bond motifs is 1. The van der Waals surface area contributed by atoms with Gasteiger partial charge in [0.15, 0.2) is 0 Å². The molecule has 138 valence electrons. The van der Waals surface area contributed by atoms with Crippen LogP contribution in [0.15, 0.2) is 58.9 Å². The third kappa shape index (κ3) is 3.13. The summed E-state index contributed by atoms with van der Waals surface area (Å²) in [6.07, 6.45) is 3.14. The van der Waals surface area contributed by atoms with Gasteiger partial charge in [0.1, 0.15) is 11.5 Å². The van der Waals surface area contributed by atoms with Crippen molar-refractivity contribution in [3.8, 4) is 22.8 Å². The largest absolute Gasteiger partial charge is 0.497 e. The SMILES string of the molecule is CN=c1scc(-c2cc(OC)ccc2OC)n1NC1=CCc2ccccc21. The summed E-state index contributed by atoms with van der Waals surface area (Å²) < 4.78 is 13.0. The monoisotopic (exact) mass is 379 g/mol. The molecule has 0 unspecified atom stereocenters. The lowest BCUT2D eigenvalue weighted by Gasteiger charge is -2.16. The zero-order chi connectivity index (χ0) is 18.8.